The summed E-state index contributed by atoms with van der Waals surface area (Å²) in [6.45, 7) is 9.84. The third-order valence-corrected chi connectivity index (χ3v) is 6.63. The van der Waals surface area contributed by atoms with Gasteiger partial charge in [0.25, 0.3) is 0 Å². The highest BCUT2D eigenvalue weighted by Crippen LogP contribution is 2.33. The molecule has 172 valence electrons. The quantitative estimate of drug-likeness (QED) is 0.425. The van der Waals surface area contributed by atoms with Crippen LogP contribution in [-0.2, 0) is 11.2 Å². The van der Waals surface area contributed by atoms with Crippen LogP contribution in [0.3, 0.4) is 0 Å². The first-order valence-electron chi connectivity index (χ1n) is 10.4. The first kappa shape index (κ1) is 24.0. The van der Waals surface area contributed by atoms with Gasteiger partial charge in [-0.1, -0.05) is 42.2 Å². The van der Waals surface area contributed by atoms with E-state index in [0.717, 1.165) is 11.4 Å². The number of carbonyl (C=O) groups excluding carboxylic acids is 1. The van der Waals surface area contributed by atoms with Crippen molar-refractivity contribution in [2.24, 2.45) is 0 Å². The molecule has 1 amide bonds. The molecule has 2 aromatic heterocycles. The van der Waals surface area contributed by atoms with Crippen LogP contribution < -0.4 is 14.8 Å². The van der Waals surface area contributed by atoms with E-state index in [4.69, 9.17) is 9.47 Å². The molecule has 1 aromatic carbocycles. The second-order valence-electron chi connectivity index (χ2n) is 7.32. The van der Waals surface area contributed by atoms with E-state index in [9.17, 15) is 4.79 Å². The first-order chi connectivity index (χ1) is 15.3. The summed E-state index contributed by atoms with van der Waals surface area (Å²) < 4.78 is 13.5. The number of hydrogen-bond donors (Lipinski definition) is 1. The maximum atomic E-state index is 12.7. The molecule has 0 saturated heterocycles. The Hall–Kier alpha value is -2.66. The Labute approximate surface area is 195 Å². The molecule has 1 N–H and O–H groups in total. The van der Waals surface area contributed by atoms with E-state index >= 15 is 0 Å². The number of methoxy groups -OCH3 is 1. The molecule has 0 bridgehead atoms. The van der Waals surface area contributed by atoms with Gasteiger partial charge in [0.2, 0.25) is 11.0 Å². The second kappa shape index (κ2) is 10.8. The van der Waals surface area contributed by atoms with Crippen LogP contribution >= 0.6 is 23.1 Å². The third kappa shape index (κ3) is 5.57. The predicted molar refractivity (Wildman–Crippen MR) is 126 cm³/mol. The molecule has 2 atom stereocenters. The number of nitrogens with one attached hydrogen (secondary N) is 1. The zero-order valence-electron chi connectivity index (χ0n) is 19.0. The Balaban J connectivity index is 1.74. The smallest absolute Gasteiger partial charge is 0.239 e. The fraction of sp³-hybridized carbons (Fsp3) is 0.476. The fourth-order valence-electron chi connectivity index (χ4n) is 2.96. The monoisotopic (exact) mass is 476 g/mol. The number of thioether (sulfide) groups is 1. The van der Waals surface area contributed by atoms with E-state index in [1.807, 2.05) is 63.5 Å². The maximum absolute atomic E-state index is 12.7. The number of nitrogens with zero attached hydrogens (tertiary/aromatic N) is 5. The van der Waals surface area contributed by atoms with Crippen molar-refractivity contribution < 1.29 is 14.3 Å². The summed E-state index contributed by atoms with van der Waals surface area (Å²) in [5.41, 5.74) is 0. The Morgan fingerprint density at radius 1 is 1.12 bits per heavy atom. The molecule has 32 heavy (non-hydrogen) atoms. The van der Waals surface area contributed by atoms with Gasteiger partial charge < -0.3 is 14.0 Å². The van der Waals surface area contributed by atoms with E-state index in [-0.39, 0.29) is 18.1 Å². The van der Waals surface area contributed by atoms with E-state index in [1.165, 1.54) is 23.1 Å². The normalized spacial score (nSPS) is 13.1. The lowest BCUT2D eigenvalue weighted by Gasteiger charge is -2.20. The summed E-state index contributed by atoms with van der Waals surface area (Å²) in [7, 11) is 1.61. The van der Waals surface area contributed by atoms with Crippen LogP contribution in [0.2, 0.25) is 0 Å². The van der Waals surface area contributed by atoms with E-state index in [2.05, 4.69) is 25.7 Å². The van der Waals surface area contributed by atoms with Gasteiger partial charge in [0.05, 0.1) is 12.4 Å². The minimum atomic E-state index is -0.399. The van der Waals surface area contributed by atoms with Crippen molar-refractivity contribution in [3.63, 3.8) is 0 Å². The highest BCUT2D eigenvalue weighted by molar-refractivity contribution is 8.00. The molecule has 0 spiro atoms. The van der Waals surface area contributed by atoms with Gasteiger partial charge >= 0.3 is 0 Å². The number of benzene rings is 1. The lowest BCUT2D eigenvalue weighted by molar-refractivity contribution is -0.115. The second-order valence-corrected chi connectivity index (χ2v) is 9.69. The van der Waals surface area contributed by atoms with E-state index in [1.54, 1.807) is 7.11 Å². The Morgan fingerprint density at radius 3 is 2.47 bits per heavy atom. The summed E-state index contributed by atoms with van der Waals surface area (Å²) in [5.74, 6) is 1.80. The molecule has 2 unspecified atom stereocenters. The largest absolute Gasteiger partial charge is 0.493 e. The fourth-order valence-corrected chi connectivity index (χ4v) is 4.63. The molecular weight excluding hydrogens is 448 g/mol. The van der Waals surface area contributed by atoms with Gasteiger partial charge in [-0.3, -0.25) is 10.1 Å². The van der Waals surface area contributed by atoms with Crippen molar-refractivity contribution in [1.82, 2.24) is 25.0 Å². The van der Waals surface area contributed by atoms with Gasteiger partial charge in [0.1, 0.15) is 5.01 Å². The summed E-state index contributed by atoms with van der Waals surface area (Å²) >= 11 is 2.73. The molecule has 0 aliphatic carbocycles. The van der Waals surface area contributed by atoms with E-state index < -0.39 is 5.25 Å². The molecule has 11 heteroatoms. The molecule has 0 fully saturated rings. The van der Waals surface area contributed by atoms with Crippen molar-refractivity contribution in [1.29, 1.82) is 0 Å². The van der Waals surface area contributed by atoms with Gasteiger partial charge in [-0.2, -0.15) is 0 Å². The summed E-state index contributed by atoms with van der Waals surface area (Å²) in [6, 6.07) is 7.56. The topological polar surface area (TPSA) is 104 Å². The number of aryl methyl sites for hydroxylation is 1. The Bertz CT molecular complexity index is 1050. The lowest BCUT2D eigenvalue weighted by Crippen LogP contribution is -2.23. The maximum Gasteiger partial charge on any atom is 0.239 e. The molecule has 0 aliphatic heterocycles. The highest BCUT2D eigenvalue weighted by atomic mass is 32.2. The SMILES string of the molecule is CCc1nnc(NC(=O)C(C)Sc2nnc(C(C)Oc3ccccc3OC)n2C(C)C)s1. The number of para-hydroxylation sites is 2. The van der Waals surface area contributed by atoms with Gasteiger partial charge in [-0.15, -0.1) is 20.4 Å². The molecule has 9 nitrogen and oxygen atoms in total. The minimum absolute atomic E-state index is 0.0803. The molecule has 3 aromatic rings. The van der Waals surface area contributed by atoms with Crippen LogP contribution in [0.5, 0.6) is 11.5 Å². The van der Waals surface area contributed by atoms with Crippen molar-refractivity contribution in [2.45, 2.75) is 63.6 Å². The summed E-state index contributed by atoms with van der Waals surface area (Å²) in [4.78, 5) is 12.7. The van der Waals surface area contributed by atoms with Gasteiger partial charge in [0.15, 0.2) is 28.6 Å². The van der Waals surface area contributed by atoms with Crippen LogP contribution in [0.4, 0.5) is 5.13 Å². The molecule has 0 saturated carbocycles. The first-order valence-corrected chi connectivity index (χ1v) is 12.1. The van der Waals surface area contributed by atoms with Crippen LogP contribution in [-0.4, -0.2) is 43.2 Å². The zero-order valence-corrected chi connectivity index (χ0v) is 20.7. The molecule has 2 heterocycles. The molecular formula is C21H28N6O3S2. The average molecular weight is 477 g/mol. The van der Waals surface area contributed by atoms with Gasteiger partial charge in [-0.05, 0) is 46.2 Å². The number of amides is 1. The van der Waals surface area contributed by atoms with Crippen LogP contribution in [0.25, 0.3) is 0 Å². The number of anilines is 1. The van der Waals surface area contributed by atoms with Crippen molar-refractivity contribution in [3.05, 3.63) is 35.1 Å². The van der Waals surface area contributed by atoms with Crippen LogP contribution in [0.1, 0.15) is 57.6 Å². The van der Waals surface area contributed by atoms with Crippen LogP contribution in [0.15, 0.2) is 29.4 Å². The minimum Gasteiger partial charge on any atom is -0.493 e. The number of carbonyl (C=O) groups is 1. The van der Waals surface area contributed by atoms with Crippen LogP contribution in [0, 0.1) is 0 Å². The predicted octanol–water partition coefficient (Wildman–Crippen LogP) is 4.54. The summed E-state index contributed by atoms with van der Waals surface area (Å²) in [5, 5.41) is 21.2. The van der Waals surface area contributed by atoms with Gasteiger partial charge in [0, 0.05) is 6.04 Å². The molecule has 3 rings (SSSR count). The standard InChI is InChI=1S/C21H28N6O3S2/c1-7-17-23-25-20(32-17)22-19(28)14(5)31-21-26-24-18(27(21)12(2)3)13(4)30-16-11-9-8-10-15(16)29-6/h8-14H,7H2,1-6H3,(H,22,25,28). The lowest BCUT2D eigenvalue weighted by atomic mass is 10.3. The number of rotatable bonds is 10. The highest BCUT2D eigenvalue weighted by Gasteiger charge is 2.25. The number of ether oxygens (including phenoxy) is 2. The van der Waals surface area contributed by atoms with E-state index in [0.29, 0.717) is 27.6 Å². The molecule has 0 radical (unpaired) electrons. The molecule has 0 aliphatic rings. The number of hydrogen-bond acceptors (Lipinski definition) is 9. The van der Waals surface area contributed by atoms with Gasteiger partial charge in [-0.25, -0.2) is 0 Å². The Kier molecular flexibility index (Phi) is 8.08. The average Bonchev–Trinajstić information content (AvgIpc) is 3.40. The van der Waals surface area contributed by atoms with Crippen molar-refractivity contribution in [2.75, 3.05) is 12.4 Å². The number of aromatic nitrogens is 5. The Morgan fingerprint density at radius 2 is 1.84 bits per heavy atom. The summed E-state index contributed by atoms with van der Waals surface area (Å²) in [6.07, 6.45) is 0.418. The van der Waals surface area contributed by atoms with Crippen molar-refractivity contribution in [3.8, 4) is 11.5 Å². The zero-order chi connectivity index (χ0) is 23.3. The third-order valence-electron chi connectivity index (χ3n) is 4.59. The van der Waals surface area contributed by atoms with Crippen molar-refractivity contribution >= 4 is 34.1 Å².